The molecule has 0 spiro atoms. The first kappa shape index (κ1) is 15.7. The van der Waals surface area contributed by atoms with Crippen molar-refractivity contribution in [3.8, 4) is 0 Å². The second-order valence-corrected chi connectivity index (χ2v) is 4.91. The zero-order chi connectivity index (χ0) is 13.9. The van der Waals surface area contributed by atoms with Crippen molar-refractivity contribution in [2.45, 2.75) is 19.9 Å². The Bertz CT molecular complexity index is 403. The van der Waals surface area contributed by atoms with E-state index in [0.29, 0.717) is 13.1 Å². The second-order valence-electron chi connectivity index (χ2n) is 3.97. The summed E-state index contributed by atoms with van der Waals surface area (Å²) < 4.78 is 5.02. The fourth-order valence-electron chi connectivity index (χ4n) is 1.40. The fraction of sp³-hybridized carbons (Fsp3) is 0.538. The Morgan fingerprint density at radius 2 is 2.42 bits per heavy atom. The van der Waals surface area contributed by atoms with E-state index in [2.05, 4.69) is 27.2 Å². The number of nitrogens with one attached hydrogen (secondary N) is 2. The largest absolute Gasteiger partial charge is 0.385 e. The van der Waals surface area contributed by atoms with Crippen LogP contribution in [0.4, 0.5) is 0 Å². The number of rotatable bonds is 8. The summed E-state index contributed by atoms with van der Waals surface area (Å²) in [6.45, 7) is 8.61. The van der Waals surface area contributed by atoms with Crippen LogP contribution in [-0.4, -0.2) is 37.7 Å². The van der Waals surface area contributed by atoms with E-state index >= 15 is 0 Å². The molecule has 1 aromatic heterocycles. The summed E-state index contributed by atoms with van der Waals surface area (Å²) in [5, 5.41) is 6.46. The minimum atomic E-state index is 0.646. The van der Waals surface area contributed by atoms with Gasteiger partial charge in [0.05, 0.1) is 17.7 Å². The molecule has 0 aliphatic carbocycles. The lowest BCUT2D eigenvalue weighted by Gasteiger charge is -2.10. The number of aliphatic imine (C=N–C) groups is 1. The van der Waals surface area contributed by atoms with Crippen LogP contribution in [0.2, 0.25) is 0 Å². The van der Waals surface area contributed by atoms with E-state index in [-0.39, 0.29) is 0 Å². The van der Waals surface area contributed by atoms with Crippen molar-refractivity contribution in [3.63, 3.8) is 0 Å². The molecule has 0 atom stereocenters. The van der Waals surface area contributed by atoms with Crippen molar-refractivity contribution < 1.29 is 4.74 Å². The van der Waals surface area contributed by atoms with Crippen molar-refractivity contribution in [2.75, 3.05) is 26.8 Å². The van der Waals surface area contributed by atoms with Crippen LogP contribution in [0.25, 0.3) is 0 Å². The van der Waals surface area contributed by atoms with Crippen molar-refractivity contribution >= 4 is 17.3 Å². The van der Waals surface area contributed by atoms with E-state index in [0.717, 1.165) is 31.2 Å². The van der Waals surface area contributed by atoms with E-state index < -0.39 is 0 Å². The Labute approximate surface area is 118 Å². The Morgan fingerprint density at radius 1 is 1.58 bits per heavy atom. The van der Waals surface area contributed by atoms with Crippen molar-refractivity contribution in [3.05, 3.63) is 28.7 Å². The summed E-state index contributed by atoms with van der Waals surface area (Å²) in [6, 6.07) is 0. The van der Waals surface area contributed by atoms with Crippen molar-refractivity contribution in [1.29, 1.82) is 0 Å². The molecule has 0 aliphatic heterocycles. The van der Waals surface area contributed by atoms with Crippen LogP contribution in [0, 0.1) is 6.92 Å². The van der Waals surface area contributed by atoms with Gasteiger partial charge in [0.15, 0.2) is 5.96 Å². The van der Waals surface area contributed by atoms with Gasteiger partial charge in [-0.3, -0.25) is 0 Å². The zero-order valence-electron chi connectivity index (χ0n) is 11.6. The van der Waals surface area contributed by atoms with Gasteiger partial charge in [0, 0.05) is 31.7 Å². The zero-order valence-corrected chi connectivity index (χ0v) is 12.4. The molecule has 106 valence electrons. The summed E-state index contributed by atoms with van der Waals surface area (Å²) >= 11 is 1.63. The lowest BCUT2D eigenvalue weighted by atomic mass is 10.4. The van der Waals surface area contributed by atoms with Crippen LogP contribution in [0.3, 0.4) is 0 Å². The summed E-state index contributed by atoms with van der Waals surface area (Å²) in [4.78, 5) is 9.95. The Balaban J connectivity index is 2.47. The van der Waals surface area contributed by atoms with Gasteiger partial charge in [0.1, 0.15) is 0 Å². The smallest absolute Gasteiger partial charge is 0.191 e. The molecule has 0 unspecified atom stereocenters. The SMILES string of the molecule is C=CCNC(=NCc1scnc1C)NCCCOC. The molecule has 0 fully saturated rings. The Kier molecular flexibility index (Phi) is 7.84. The normalized spacial score (nSPS) is 11.4. The third-order valence-corrected chi connectivity index (χ3v) is 3.38. The molecule has 1 rings (SSSR count). The van der Waals surface area contributed by atoms with E-state index in [4.69, 9.17) is 4.74 Å². The van der Waals surface area contributed by atoms with Crippen LogP contribution in [-0.2, 0) is 11.3 Å². The highest BCUT2D eigenvalue weighted by Crippen LogP contribution is 2.12. The van der Waals surface area contributed by atoms with Gasteiger partial charge in [0.25, 0.3) is 0 Å². The number of methoxy groups -OCH3 is 1. The highest BCUT2D eigenvalue weighted by Gasteiger charge is 2.01. The molecule has 6 heteroatoms. The van der Waals surface area contributed by atoms with Crippen LogP contribution >= 0.6 is 11.3 Å². The van der Waals surface area contributed by atoms with Crippen LogP contribution < -0.4 is 10.6 Å². The fourth-order valence-corrected chi connectivity index (χ4v) is 2.10. The number of ether oxygens (including phenoxy) is 1. The highest BCUT2D eigenvalue weighted by atomic mass is 32.1. The maximum Gasteiger partial charge on any atom is 0.191 e. The van der Waals surface area contributed by atoms with Crippen LogP contribution in [0.5, 0.6) is 0 Å². The van der Waals surface area contributed by atoms with Gasteiger partial charge in [-0.1, -0.05) is 6.08 Å². The lowest BCUT2D eigenvalue weighted by Crippen LogP contribution is -2.38. The van der Waals surface area contributed by atoms with Crippen molar-refractivity contribution in [1.82, 2.24) is 15.6 Å². The van der Waals surface area contributed by atoms with E-state index in [1.807, 2.05) is 18.5 Å². The van der Waals surface area contributed by atoms with Gasteiger partial charge < -0.3 is 15.4 Å². The number of hydrogen-bond donors (Lipinski definition) is 2. The maximum atomic E-state index is 5.02. The molecule has 1 heterocycles. The average molecular weight is 282 g/mol. The van der Waals surface area contributed by atoms with E-state index in [9.17, 15) is 0 Å². The number of hydrogen-bond acceptors (Lipinski definition) is 4. The standard InChI is InChI=1S/C13H22N4OS/c1-4-6-14-13(15-7-5-8-18-3)16-9-12-11(2)17-10-19-12/h4,10H,1,5-9H2,2-3H3,(H2,14,15,16). The topological polar surface area (TPSA) is 58.5 Å². The quantitative estimate of drug-likeness (QED) is 0.330. The third-order valence-electron chi connectivity index (χ3n) is 2.46. The van der Waals surface area contributed by atoms with E-state index in [1.165, 1.54) is 4.88 Å². The van der Waals surface area contributed by atoms with Crippen LogP contribution in [0.1, 0.15) is 17.0 Å². The molecule has 0 aliphatic rings. The molecule has 19 heavy (non-hydrogen) atoms. The molecule has 0 saturated carbocycles. The molecule has 5 nitrogen and oxygen atoms in total. The molecule has 2 N–H and O–H groups in total. The Hall–Kier alpha value is -1.40. The van der Waals surface area contributed by atoms with Crippen molar-refractivity contribution in [2.24, 2.45) is 4.99 Å². The molecule has 0 amide bonds. The molecular formula is C13H22N4OS. The summed E-state index contributed by atoms with van der Waals surface area (Å²) in [5.41, 5.74) is 2.90. The molecular weight excluding hydrogens is 260 g/mol. The molecule has 1 aromatic rings. The first-order valence-electron chi connectivity index (χ1n) is 6.29. The van der Waals surface area contributed by atoms with Gasteiger partial charge in [-0.05, 0) is 13.3 Å². The number of thiazole rings is 1. The molecule has 0 saturated heterocycles. The minimum Gasteiger partial charge on any atom is -0.385 e. The monoisotopic (exact) mass is 282 g/mol. The van der Waals surface area contributed by atoms with Gasteiger partial charge >= 0.3 is 0 Å². The predicted octanol–water partition coefficient (Wildman–Crippen LogP) is 1.71. The van der Waals surface area contributed by atoms with Gasteiger partial charge in [0.2, 0.25) is 0 Å². The number of aromatic nitrogens is 1. The number of guanidine groups is 1. The highest BCUT2D eigenvalue weighted by molar-refractivity contribution is 7.09. The minimum absolute atomic E-state index is 0.646. The lowest BCUT2D eigenvalue weighted by molar-refractivity contribution is 0.195. The maximum absolute atomic E-state index is 5.02. The molecule has 0 aromatic carbocycles. The van der Waals surface area contributed by atoms with Gasteiger partial charge in [-0.2, -0.15) is 0 Å². The second kappa shape index (κ2) is 9.52. The predicted molar refractivity (Wildman–Crippen MR) is 80.7 cm³/mol. The average Bonchev–Trinajstić information content (AvgIpc) is 2.82. The van der Waals surface area contributed by atoms with Gasteiger partial charge in [-0.25, -0.2) is 9.98 Å². The number of nitrogens with zero attached hydrogens (tertiary/aromatic N) is 2. The van der Waals surface area contributed by atoms with E-state index in [1.54, 1.807) is 18.4 Å². The molecule has 0 radical (unpaired) electrons. The van der Waals surface area contributed by atoms with Gasteiger partial charge in [-0.15, -0.1) is 17.9 Å². The molecule has 0 bridgehead atoms. The third kappa shape index (κ3) is 6.35. The summed E-state index contributed by atoms with van der Waals surface area (Å²) in [7, 11) is 1.71. The number of aryl methyl sites for hydroxylation is 1. The van der Waals surface area contributed by atoms with Crippen LogP contribution in [0.15, 0.2) is 23.2 Å². The first-order valence-corrected chi connectivity index (χ1v) is 7.17. The first-order chi connectivity index (χ1) is 9.27. The Morgan fingerprint density at radius 3 is 3.05 bits per heavy atom. The summed E-state index contributed by atoms with van der Waals surface area (Å²) in [5.74, 6) is 0.795. The summed E-state index contributed by atoms with van der Waals surface area (Å²) in [6.07, 6.45) is 2.76.